The molecule has 282 valence electrons. The number of carbonyl (C=O) groups excluding carboxylic acids is 4. The number of halogens is 3. The zero-order chi connectivity index (χ0) is 38.1. The Morgan fingerprint density at radius 3 is 2.24 bits per heavy atom. The predicted octanol–water partition coefficient (Wildman–Crippen LogP) is 2.15. The van der Waals surface area contributed by atoms with Gasteiger partial charge in [-0.25, -0.2) is 9.59 Å². The molecule has 0 radical (unpaired) electrons. The molecule has 14 nitrogen and oxygen atoms in total. The molecule has 3 aliphatic carbocycles. The molecule has 0 aromatic heterocycles. The normalized spacial score (nSPS) is 36.0. The van der Waals surface area contributed by atoms with Crippen LogP contribution in [0.1, 0.15) is 57.8 Å². The van der Waals surface area contributed by atoms with Crippen LogP contribution in [0.4, 0.5) is 13.2 Å². The van der Waals surface area contributed by atoms with Gasteiger partial charge in [0.1, 0.15) is 24.4 Å². The van der Waals surface area contributed by atoms with Crippen LogP contribution in [0.15, 0.2) is 41.5 Å². The van der Waals surface area contributed by atoms with Gasteiger partial charge in [0.25, 0.3) is 0 Å². The van der Waals surface area contributed by atoms with Gasteiger partial charge in [-0.15, -0.1) is 0 Å². The van der Waals surface area contributed by atoms with E-state index in [-0.39, 0.29) is 16.7 Å². The number of alkyl halides is 3. The van der Waals surface area contributed by atoms with E-state index >= 15 is 4.79 Å². The summed E-state index contributed by atoms with van der Waals surface area (Å²) < 4.78 is 99.9. The number of rotatable bonds is 8. The van der Waals surface area contributed by atoms with Crippen LogP contribution in [0.25, 0.3) is 0 Å². The van der Waals surface area contributed by atoms with E-state index in [0.717, 1.165) is 21.0 Å². The zero-order valence-electron chi connectivity index (χ0n) is 28.5. The van der Waals surface area contributed by atoms with Crippen molar-refractivity contribution >= 4 is 33.8 Å². The fourth-order valence-corrected chi connectivity index (χ4v) is 9.04. The van der Waals surface area contributed by atoms with E-state index in [2.05, 4.69) is 0 Å². The number of esters is 3. The maximum absolute atomic E-state index is 15.3. The van der Waals surface area contributed by atoms with E-state index in [1.165, 1.54) is 45.0 Å². The van der Waals surface area contributed by atoms with Crippen molar-refractivity contribution in [3.63, 3.8) is 0 Å². The Bertz CT molecular complexity index is 1740. The number of benzene rings is 1. The van der Waals surface area contributed by atoms with Gasteiger partial charge in [0, 0.05) is 32.3 Å². The van der Waals surface area contributed by atoms with Crippen LogP contribution in [0.5, 0.6) is 0 Å². The van der Waals surface area contributed by atoms with E-state index in [0.29, 0.717) is 0 Å². The Hall–Kier alpha value is -3.42. The number of Topliss-reactive ketones (excluding diaryl/α,β-unsaturated/α-hetero) is 1. The van der Waals surface area contributed by atoms with Crippen LogP contribution in [0.3, 0.4) is 0 Å². The van der Waals surface area contributed by atoms with Crippen LogP contribution < -0.4 is 0 Å². The Balaban J connectivity index is 1.89. The summed E-state index contributed by atoms with van der Waals surface area (Å²) in [4.78, 5) is 55.0. The van der Waals surface area contributed by atoms with Gasteiger partial charge in [0.15, 0.2) is 17.5 Å². The molecule has 2 bridgehead atoms. The molecule has 1 heterocycles. The summed E-state index contributed by atoms with van der Waals surface area (Å²) in [5, 5.41) is 24.5. The van der Waals surface area contributed by atoms with Crippen molar-refractivity contribution in [2.75, 3.05) is 20.3 Å². The molecule has 1 saturated heterocycles. The highest BCUT2D eigenvalue weighted by atomic mass is 32.2. The second-order valence-electron chi connectivity index (χ2n) is 14.1. The van der Waals surface area contributed by atoms with Crippen LogP contribution >= 0.6 is 0 Å². The molecule has 0 spiro atoms. The first kappa shape index (κ1) is 38.8. The minimum Gasteiger partial charge on any atom is -0.455 e. The number of aliphatic hydroxyl groups excluding tert-OH is 1. The van der Waals surface area contributed by atoms with E-state index in [1.54, 1.807) is 6.07 Å². The number of fused-ring (bicyclic) bond motifs is 5. The standard InChI is InChI=1S/C33H39F3O14S/c1-16-19(38)13-32(42)27(48-28(41)18-10-8-7-9-11-18)25-30(5,26(40)24(23(16)29(32,3)4)47-22(39)14-45-6)20(50-51(43,44)33(34,35)36)12-21-31(25,15-46-21)49-17(2)37/h7-11,19-21,24-25,27,38,42H,12-15H2,1-6H3/t19-,20-,21+,24+,25-,27-,30+,31-,32+/m0/s1. The summed E-state index contributed by atoms with van der Waals surface area (Å²) in [6.45, 7) is 4.99. The molecule has 3 fully saturated rings. The van der Waals surface area contributed by atoms with Gasteiger partial charge in [-0.3, -0.25) is 13.8 Å². The van der Waals surface area contributed by atoms with Crippen LogP contribution in [0.2, 0.25) is 0 Å². The first-order valence-electron chi connectivity index (χ1n) is 15.9. The van der Waals surface area contributed by atoms with Crippen molar-refractivity contribution in [2.45, 2.75) is 94.7 Å². The lowest BCUT2D eigenvalue weighted by Crippen LogP contribution is -2.82. The quantitative estimate of drug-likeness (QED) is 0.129. The number of carbonyl (C=O) groups is 4. The van der Waals surface area contributed by atoms with Crippen molar-refractivity contribution in [1.82, 2.24) is 0 Å². The number of ketones is 1. The minimum absolute atomic E-state index is 0.0409. The average Bonchev–Trinajstić information content (AvgIpc) is 3.02. The Morgan fingerprint density at radius 1 is 1.08 bits per heavy atom. The largest absolute Gasteiger partial charge is 0.523 e. The lowest BCUT2D eigenvalue weighted by molar-refractivity contribution is -0.344. The molecular weight excluding hydrogens is 709 g/mol. The lowest BCUT2D eigenvalue weighted by atomic mass is 9.44. The number of hydrogen-bond acceptors (Lipinski definition) is 14. The molecule has 5 rings (SSSR count). The van der Waals surface area contributed by atoms with E-state index in [4.69, 9.17) is 27.9 Å². The van der Waals surface area contributed by atoms with Gasteiger partial charge in [-0.1, -0.05) is 32.0 Å². The van der Waals surface area contributed by atoms with Gasteiger partial charge in [-0.2, -0.15) is 21.6 Å². The first-order chi connectivity index (χ1) is 23.5. The topological polar surface area (TPSA) is 198 Å². The molecule has 1 aromatic rings. The molecule has 0 unspecified atom stereocenters. The Labute approximate surface area is 291 Å². The molecule has 51 heavy (non-hydrogen) atoms. The second-order valence-corrected chi connectivity index (χ2v) is 15.6. The molecule has 4 aliphatic rings. The SMILES string of the molecule is COCC(=O)O[C@H]1C(=O)[C@]2(C)[C@@H](OS(=O)(=O)C(F)(F)F)C[C@H]3OC[C@@]3(OC(C)=O)[C@H]2[C@H](OC(=O)c2ccccc2)[C@]2(O)C[C@H](O)C(C)=C1C2(C)C. The summed E-state index contributed by atoms with van der Waals surface area (Å²) in [6, 6.07) is 7.31. The molecule has 2 saturated carbocycles. The van der Waals surface area contributed by atoms with Crippen molar-refractivity contribution in [1.29, 1.82) is 0 Å². The fraction of sp³-hybridized carbons (Fsp3) is 0.636. The molecule has 1 aromatic carbocycles. The zero-order valence-corrected chi connectivity index (χ0v) is 29.3. The summed E-state index contributed by atoms with van der Waals surface area (Å²) in [6.07, 6.45) is -10.9. The van der Waals surface area contributed by atoms with E-state index in [9.17, 15) is 46.2 Å². The highest BCUT2D eigenvalue weighted by Gasteiger charge is 2.79. The predicted molar refractivity (Wildman–Crippen MR) is 165 cm³/mol. The van der Waals surface area contributed by atoms with Gasteiger partial charge in [0.05, 0.1) is 35.7 Å². The van der Waals surface area contributed by atoms with Crippen molar-refractivity contribution in [3.8, 4) is 0 Å². The Morgan fingerprint density at radius 2 is 1.71 bits per heavy atom. The number of aliphatic hydroxyl groups is 2. The molecule has 2 N–H and O–H groups in total. The second kappa shape index (κ2) is 12.9. The minimum atomic E-state index is -6.46. The Kier molecular flexibility index (Phi) is 9.82. The molecule has 9 atom stereocenters. The summed E-state index contributed by atoms with van der Waals surface area (Å²) in [5.41, 5.74) is -15.2. The summed E-state index contributed by atoms with van der Waals surface area (Å²) >= 11 is 0. The molecule has 0 amide bonds. The van der Waals surface area contributed by atoms with Gasteiger partial charge >= 0.3 is 33.5 Å². The maximum Gasteiger partial charge on any atom is 0.523 e. The summed E-state index contributed by atoms with van der Waals surface area (Å²) in [7, 11) is -5.32. The number of ether oxygens (including phenoxy) is 5. The molecular formula is C33H39F3O14S. The van der Waals surface area contributed by atoms with Crippen molar-refractivity contribution in [2.24, 2.45) is 16.7 Å². The van der Waals surface area contributed by atoms with E-state index in [1.807, 2.05) is 0 Å². The third-order valence-corrected chi connectivity index (χ3v) is 12.0. The highest BCUT2D eigenvalue weighted by Crippen LogP contribution is 2.65. The van der Waals surface area contributed by atoms with Gasteiger partial charge < -0.3 is 33.9 Å². The van der Waals surface area contributed by atoms with Crippen LogP contribution in [-0.4, -0.2) is 110 Å². The van der Waals surface area contributed by atoms with E-state index < -0.39 is 124 Å². The number of hydrogen-bond donors (Lipinski definition) is 2. The maximum atomic E-state index is 15.3. The smallest absolute Gasteiger partial charge is 0.455 e. The highest BCUT2D eigenvalue weighted by molar-refractivity contribution is 7.87. The van der Waals surface area contributed by atoms with Crippen molar-refractivity contribution < 1.29 is 78.8 Å². The molecule has 1 aliphatic heterocycles. The van der Waals surface area contributed by atoms with Crippen LogP contribution in [0, 0.1) is 16.7 Å². The summed E-state index contributed by atoms with van der Waals surface area (Å²) in [5.74, 6) is -6.40. The lowest BCUT2D eigenvalue weighted by Gasteiger charge is -2.67. The van der Waals surface area contributed by atoms with Gasteiger partial charge in [-0.05, 0) is 37.1 Å². The third-order valence-electron chi connectivity index (χ3n) is 10.9. The average molecular weight is 749 g/mol. The van der Waals surface area contributed by atoms with Crippen molar-refractivity contribution in [3.05, 3.63) is 47.0 Å². The monoisotopic (exact) mass is 748 g/mol. The van der Waals surface area contributed by atoms with Gasteiger partial charge in [0.2, 0.25) is 0 Å². The molecule has 18 heteroatoms. The fourth-order valence-electron chi connectivity index (χ4n) is 8.35. The first-order valence-corrected chi connectivity index (χ1v) is 17.3. The number of methoxy groups -OCH3 is 1. The third kappa shape index (κ3) is 5.96. The van der Waals surface area contributed by atoms with Crippen LogP contribution in [-0.2, 0) is 52.4 Å².